The standard InChI is InChI=1S/C10H8ClNO/c1-6-4-10(11)12-9-3-2-7(13)5-8(6)9/h2-5,13H,1H3. The predicted octanol–water partition coefficient (Wildman–Crippen LogP) is 2.90. The first-order valence-electron chi connectivity index (χ1n) is 3.93. The molecule has 1 aromatic heterocycles. The molecule has 0 aliphatic carbocycles. The number of hydrogen-bond acceptors (Lipinski definition) is 2. The Morgan fingerprint density at radius 3 is 2.85 bits per heavy atom. The normalized spacial score (nSPS) is 10.6. The molecule has 0 aliphatic heterocycles. The summed E-state index contributed by atoms with van der Waals surface area (Å²) >= 11 is 5.79. The van der Waals surface area contributed by atoms with Crippen molar-refractivity contribution in [3.8, 4) is 5.75 Å². The van der Waals surface area contributed by atoms with Gasteiger partial charge in [0.15, 0.2) is 0 Å². The summed E-state index contributed by atoms with van der Waals surface area (Å²) < 4.78 is 0. The quantitative estimate of drug-likeness (QED) is 0.653. The fourth-order valence-corrected chi connectivity index (χ4v) is 1.60. The highest BCUT2D eigenvalue weighted by Crippen LogP contribution is 2.23. The first-order chi connectivity index (χ1) is 6.16. The number of aryl methyl sites for hydroxylation is 1. The summed E-state index contributed by atoms with van der Waals surface area (Å²) in [4.78, 5) is 4.13. The zero-order valence-corrected chi connectivity index (χ0v) is 7.84. The van der Waals surface area contributed by atoms with E-state index in [2.05, 4.69) is 4.98 Å². The molecule has 0 aliphatic rings. The Bertz CT molecular complexity index is 468. The van der Waals surface area contributed by atoms with Crippen molar-refractivity contribution in [3.05, 3.63) is 35.0 Å². The van der Waals surface area contributed by atoms with E-state index in [-0.39, 0.29) is 5.75 Å². The molecule has 13 heavy (non-hydrogen) atoms. The van der Waals surface area contributed by atoms with Crippen molar-refractivity contribution in [2.24, 2.45) is 0 Å². The second kappa shape index (κ2) is 2.89. The average molecular weight is 194 g/mol. The van der Waals surface area contributed by atoms with Gasteiger partial charge in [-0.3, -0.25) is 0 Å². The van der Waals surface area contributed by atoms with Gasteiger partial charge < -0.3 is 5.11 Å². The molecule has 1 heterocycles. The van der Waals surface area contributed by atoms with Gasteiger partial charge in [0.25, 0.3) is 0 Å². The lowest BCUT2D eigenvalue weighted by atomic mass is 10.1. The fraction of sp³-hybridized carbons (Fsp3) is 0.100. The lowest BCUT2D eigenvalue weighted by Gasteiger charge is -2.02. The third-order valence-corrected chi connectivity index (χ3v) is 2.16. The summed E-state index contributed by atoms with van der Waals surface area (Å²) in [6.07, 6.45) is 0. The molecule has 0 radical (unpaired) electrons. The van der Waals surface area contributed by atoms with Crippen molar-refractivity contribution in [1.29, 1.82) is 0 Å². The van der Waals surface area contributed by atoms with Crippen LogP contribution in [-0.4, -0.2) is 10.1 Å². The monoisotopic (exact) mass is 193 g/mol. The Morgan fingerprint density at radius 1 is 1.31 bits per heavy atom. The van der Waals surface area contributed by atoms with Crippen LogP contribution in [0.25, 0.3) is 10.9 Å². The number of benzene rings is 1. The van der Waals surface area contributed by atoms with Crippen LogP contribution in [0.15, 0.2) is 24.3 Å². The molecular formula is C10H8ClNO. The van der Waals surface area contributed by atoms with Crippen LogP contribution in [0.4, 0.5) is 0 Å². The van der Waals surface area contributed by atoms with Crippen molar-refractivity contribution in [2.75, 3.05) is 0 Å². The molecule has 2 nitrogen and oxygen atoms in total. The van der Waals surface area contributed by atoms with Gasteiger partial charge in [0.2, 0.25) is 0 Å². The van der Waals surface area contributed by atoms with E-state index < -0.39 is 0 Å². The highest BCUT2D eigenvalue weighted by molar-refractivity contribution is 6.29. The zero-order valence-electron chi connectivity index (χ0n) is 7.08. The highest BCUT2D eigenvalue weighted by atomic mass is 35.5. The topological polar surface area (TPSA) is 33.1 Å². The van der Waals surface area contributed by atoms with Gasteiger partial charge >= 0.3 is 0 Å². The van der Waals surface area contributed by atoms with E-state index in [9.17, 15) is 5.11 Å². The third kappa shape index (κ3) is 1.45. The first kappa shape index (κ1) is 8.32. The van der Waals surface area contributed by atoms with Gasteiger partial charge in [-0.2, -0.15) is 0 Å². The van der Waals surface area contributed by atoms with Crippen LogP contribution in [0, 0.1) is 6.92 Å². The van der Waals surface area contributed by atoms with Crippen LogP contribution in [0.2, 0.25) is 5.15 Å². The summed E-state index contributed by atoms with van der Waals surface area (Å²) in [5.74, 6) is 0.250. The summed E-state index contributed by atoms with van der Waals surface area (Å²) in [6.45, 7) is 1.94. The smallest absolute Gasteiger partial charge is 0.130 e. The Hall–Kier alpha value is -1.28. The molecule has 0 saturated carbocycles. The summed E-state index contributed by atoms with van der Waals surface area (Å²) in [5, 5.41) is 10.7. The van der Waals surface area contributed by atoms with Gasteiger partial charge in [-0.05, 0) is 36.8 Å². The molecule has 1 aromatic carbocycles. The van der Waals surface area contributed by atoms with Crippen LogP contribution in [0.5, 0.6) is 5.75 Å². The number of rotatable bonds is 0. The van der Waals surface area contributed by atoms with Crippen LogP contribution < -0.4 is 0 Å². The molecule has 2 rings (SSSR count). The number of phenols is 1. The fourth-order valence-electron chi connectivity index (χ4n) is 1.34. The van der Waals surface area contributed by atoms with Crippen LogP contribution in [0.1, 0.15) is 5.56 Å². The number of phenolic OH excluding ortho intramolecular Hbond substituents is 1. The van der Waals surface area contributed by atoms with Crippen molar-refractivity contribution >= 4 is 22.5 Å². The number of hydrogen-bond donors (Lipinski definition) is 1. The van der Waals surface area contributed by atoms with E-state index >= 15 is 0 Å². The van der Waals surface area contributed by atoms with E-state index in [0.29, 0.717) is 5.15 Å². The maximum absolute atomic E-state index is 9.26. The molecule has 1 N–H and O–H groups in total. The second-order valence-corrected chi connectivity index (χ2v) is 3.35. The molecule has 66 valence electrons. The molecule has 0 bridgehead atoms. The third-order valence-electron chi connectivity index (χ3n) is 1.97. The summed E-state index contributed by atoms with van der Waals surface area (Å²) in [6, 6.07) is 6.83. The minimum atomic E-state index is 0.250. The van der Waals surface area contributed by atoms with Gasteiger partial charge in [0.05, 0.1) is 5.52 Å². The number of aromatic nitrogens is 1. The molecule has 0 saturated heterocycles. The Morgan fingerprint density at radius 2 is 2.08 bits per heavy atom. The predicted molar refractivity (Wildman–Crippen MR) is 53.2 cm³/mol. The van der Waals surface area contributed by atoms with E-state index in [4.69, 9.17) is 11.6 Å². The van der Waals surface area contributed by atoms with Crippen molar-refractivity contribution < 1.29 is 5.11 Å². The molecule has 2 aromatic rings. The molecule has 0 spiro atoms. The highest BCUT2D eigenvalue weighted by Gasteiger charge is 2.01. The molecule has 0 unspecified atom stereocenters. The number of fused-ring (bicyclic) bond motifs is 1. The van der Waals surface area contributed by atoms with Gasteiger partial charge in [0, 0.05) is 5.39 Å². The van der Waals surface area contributed by atoms with Gasteiger partial charge in [-0.15, -0.1) is 0 Å². The molecule has 0 atom stereocenters. The minimum Gasteiger partial charge on any atom is -0.508 e. The van der Waals surface area contributed by atoms with Gasteiger partial charge in [-0.25, -0.2) is 4.98 Å². The lowest BCUT2D eigenvalue weighted by Crippen LogP contribution is -1.83. The molecular weight excluding hydrogens is 186 g/mol. The zero-order chi connectivity index (χ0) is 9.42. The number of nitrogens with zero attached hydrogens (tertiary/aromatic N) is 1. The van der Waals surface area contributed by atoms with Crippen molar-refractivity contribution in [2.45, 2.75) is 6.92 Å². The van der Waals surface area contributed by atoms with Crippen molar-refractivity contribution in [1.82, 2.24) is 4.98 Å². The maximum Gasteiger partial charge on any atom is 0.130 e. The van der Waals surface area contributed by atoms with Crippen LogP contribution in [-0.2, 0) is 0 Å². The van der Waals surface area contributed by atoms with Gasteiger partial charge in [-0.1, -0.05) is 11.6 Å². The number of halogens is 1. The van der Waals surface area contributed by atoms with E-state index in [0.717, 1.165) is 16.5 Å². The molecule has 0 fully saturated rings. The summed E-state index contributed by atoms with van der Waals surface area (Å²) in [7, 11) is 0. The molecule has 3 heteroatoms. The van der Waals surface area contributed by atoms with Gasteiger partial charge in [0.1, 0.15) is 10.9 Å². The van der Waals surface area contributed by atoms with E-state index in [1.165, 1.54) is 0 Å². The number of aromatic hydroxyl groups is 1. The van der Waals surface area contributed by atoms with E-state index in [1.54, 1.807) is 24.3 Å². The van der Waals surface area contributed by atoms with Crippen molar-refractivity contribution in [3.63, 3.8) is 0 Å². The van der Waals surface area contributed by atoms with Crippen LogP contribution in [0.3, 0.4) is 0 Å². The first-order valence-corrected chi connectivity index (χ1v) is 4.30. The number of pyridine rings is 1. The lowest BCUT2D eigenvalue weighted by molar-refractivity contribution is 0.476. The maximum atomic E-state index is 9.26. The largest absolute Gasteiger partial charge is 0.508 e. The minimum absolute atomic E-state index is 0.250. The Kier molecular flexibility index (Phi) is 1.85. The summed E-state index contributed by atoms with van der Waals surface area (Å²) in [5.41, 5.74) is 1.83. The Balaban J connectivity index is 2.87. The van der Waals surface area contributed by atoms with E-state index in [1.807, 2.05) is 6.92 Å². The second-order valence-electron chi connectivity index (χ2n) is 2.96. The van der Waals surface area contributed by atoms with Crippen LogP contribution >= 0.6 is 11.6 Å². The molecule has 0 amide bonds. The SMILES string of the molecule is Cc1cc(Cl)nc2ccc(O)cc12. The average Bonchev–Trinajstić information content (AvgIpc) is 2.06. The Labute approximate surface area is 80.8 Å².